The lowest BCUT2D eigenvalue weighted by Crippen LogP contribution is -2.33. The number of thioether (sulfide) groups is 1. The fourth-order valence-electron chi connectivity index (χ4n) is 3.93. The number of thiazole rings is 1. The van der Waals surface area contributed by atoms with Gasteiger partial charge in [-0.2, -0.15) is 10.1 Å². The number of carbonyl (C=O) groups is 1. The minimum atomic E-state index is -0.527. The first-order valence-electron chi connectivity index (χ1n) is 10.4. The number of fused-ring (bicyclic) bond motifs is 1. The van der Waals surface area contributed by atoms with E-state index in [0.717, 1.165) is 26.4 Å². The predicted molar refractivity (Wildman–Crippen MR) is 137 cm³/mol. The summed E-state index contributed by atoms with van der Waals surface area (Å²) in [4.78, 5) is 40.2. The lowest BCUT2D eigenvalue weighted by molar-refractivity contribution is -0.384. The molecule has 0 N–H and O–H groups in total. The van der Waals surface area contributed by atoms with Crippen LogP contribution in [0.2, 0.25) is 0 Å². The Balaban J connectivity index is 1.64. The molecule has 10 nitrogen and oxygen atoms in total. The lowest BCUT2D eigenvalue weighted by atomic mass is 10.2. The number of hydrazone groups is 1. The molecule has 2 aliphatic heterocycles. The molecule has 1 amide bonds. The van der Waals surface area contributed by atoms with Gasteiger partial charge in [0, 0.05) is 37.2 Å². The van der Waals surface area contributed by atoms with Gasteiger partial charge in [-0.25, -0.2) is 0 Å². The molecule has 0 aliphatic carbocycles. The molecular formula is C23H19N5O5S2. The fourth-order valence-corrected chi connectivity index (χ4v) is 6.43. The largest absolute Gasteiger partial charge is 0.497 e. The SMILES string of the molecule is COc1ccc2c(c1)N(C)C(=c1sc(=C3C(=O)N(c4cccc([N+](=O)[O-])c4)N=C3C)n(C)c1=O)S2. The molecule has 1 aromatic heterocycles. The number of carbonyl (C=O) groups excluding carboxylic acids is 1. The van der Waals surface area contributed by atoms with E-state index in [2.05, 4.69) is 5.10 Å². The van der Waals surface area contributed by atoms with Gasteiger partial charge in [-0.15, -0.1) is 11.3 Å². The number of rotatable bonds is 3. The van der Waals surface area contributed by atoms with Gasteiger partial charge < -0.3 is 14.2 Å². The van der Waals surface area contributed by atoms with Crippen molar-refractivity contribution < 1.29 is 14.5 Å². The average Bonchev–Trinajstić information content (AvgIpc) is 3.44. The molecule has 2 aliphatic rings. The maximum absolute atomic E-state index is 13.4. The number of nitro benzene ring substituents is 1. The zero-order valence-electron chi connectivity index (χ0n) is 19.1. The van der Waals surface area contributed by atoms with Gasteiger partial charge in [0.05, 0.1) is 34.7 Å². The van der Waals surface area contributed by atoms with Crippen LogP contribution >= 0.6 is 23.1 Å². The first-order valence-corrected chi connectivity index (χ1v) is 12.0. The summed E-state index contributed by atoms with van der Waals surface area (Å²) < 4.78 is 7.76. The summed E-state index contributed by atoms with van der Waals surface area (Å²) in [6.07, 6.45) is 0. The Labute approximate surface area is 207 Å². The molecule has 0 unspecified atom stereocenters. The van der Waals surface area contributed by atoms with Crippen molar-refractivity contribution in [2.45, 2.75) is 11.8 Å². The molecule has 0 spiro atoms. The fraction of sp³-hybridized carbons (Fsp3) is 0.174. The Kier molecular flexibility index (Phi) is 5.49. The Hall–Kier alpha value is -3.90. The number of nitro groups is 1. The van der Waals surface area contributed by atoms with Gasteiger partial charge in [-0.1, -0.05) is 17.8 Å². The number of hydrogen-bond donors (Lipinski definition) is 0. The van der Waals surface area contributed by atoms with Crippen molar-refractivity contribution in [2.24, 2.45) is 12.1 Å². The number of ether oxygens (including phenoxy) is 1. The monoisotopic (exact) mass is 509 g/mol. The van der Waals surface area contributed by atoms with Crippen molar-refractivity contribution in [3.63, 3.8) is 0 Å². The summed E-state index contributed by atoms with van der Waals surface area (Å²) >= 11 is 2.71. The molecule has 35 heavy (non-hydrogen) atoms. The van der Waals surface area contributed by atoms with E-state index in [-0.39, 0.29) is 22.5 Å². The van der Waals surface area contributed by atoms with E-state index in [1.807, 2.05) is 30.1 Å². The lowest BCUT2D eigenvalue weighted by Gasteiger charge is -2.13. The van der Waals surface area contributed by atoms with Crippen LogP contribution < -0.4 is 29.4 Å². The van der Waals surface area contributed by atoms with E-state index in [4.69, 9.17) is 4.74 Å². The van der Waals surface area contributed by atoms with Crippen LogP contribution in [-0.2, 0) is 11.8 Å². The summed E-state index contributed by atoms with van der Waals surface area (Å²) in [5.41, 5.74) is 1.57. The molecule has 0 fully saturated rings. The summed E-state index contributed by atoms with van der Waals surface area (Å²) in [5, 5.41) is 17.4. The minimum absolute atomic E-state index is 0.142. The van der Waals surface area contributed by atoms with Crippen LogP contribution in [0.15, 0.2) is 57.3 Å². The smallest absolute Gasteiger partial charge is 0.283 e. The van der Waals surface area contributed by atoms with E-state index in [0.29, 0.717) is 14.9 Å². The van der Waals surface area contributed by atoms with Crippen LogP contribution in [0.5, 0.6) is 5.75 Å². The first-order chi connectivity index (χ1) is 16.7. The van der Waals surface area contributed by atoms with Gasteiger partial charge in [-0.3, -0.25) is 19.7 Å². The third kappa shape index (κ3) is 3.61. The predicted octanol–water partition coefficient (Wildman–Crippen LogP) is 2.24. The normalized spacial score (nSPS) is 18.2. The molecular weight excluding hydrogens is 490 g/mol. The van der Waals surface area contributed by atoms with E-state index >= 15 is 0 Å². The molecule has 0 saturated carbocycles. The Morgan fingerprint density at radius 2 is 1.89 bits per heavy atom. The number of nitrogens with zero attached hydrogens (tertiary/aromatic N) is 5. The van der Waals surface area contributed by atoms with Crippen molar-refractivity contribution in [2.75, 3.05) is 24.1 Å². The molecule has 2 aromatic carbocycles. The summed E-state index contributed by atoms with van der Waals surface area (Å²) in [6.45, 7) is 1.68. The average molecular weight is 510 g/mol. The summed E-state index contributed by atoms with van der Waals surface area (Å²) in [5.74, 6) is 0.272. The first kappa shape index (κ1) is 22.9. The van der Waals surface area contributed by atoms with Gasteiger partial charge in [0.15, 0.2) is 0 Å². The number of aromatic nitrogens is 1. The number of amides is 1. The highest BCUT2D eigenvalue weighted by atomic mass is 32.2. The second kappa shape index (κ2) is 8.40. The van der Waals surface area contributed by atoms with Crippen molar-refractivity contribution in [1.82, 2.24) is 4.57 Å². The summed E-state index contributed by atoms with van der Waals surface area (Å²) in [7, 11) is 5.11. The molecule has 0 radical (unpaired) electrons. The molecule has 0 atom stereocenters. The van der Waals surface area contributed by atoms with Gasteiger partial charge in [0.25, 0.3) is 17.2 Å². The number of hydrogen-bond acceptors (Lipinski definition) is 9. The molecule has 12 heteroatoms. The molecule has 0 bridgehead atoms. The zero-order valence-corrected chi connectivity index (χ0v) is 20.8. The maximum Gasteiger partial charge on any atom is 0.283 e. The number of benzene rings is 2. The Morgan fingerprint density at radius 1 is 1.11 bits per heavy atom. The quantitative estimate of drug-likeness (QED) is 0.393. The molecule has 0 saturated heterocycles. The van der Waals surface area contributed by atoms with Gasteiger partial charge in [0.2, 0.25) is 0 Å². The molecule has 5 rings (SSSR count). The van der Waals surface area contributed by atoms with E-state index in [1.165, 1.54) is 45.9 Å². The van der Waals surface area contributed by atoms with Crippen LogP contribution in [0.3, 0.4) is 0 Å². The number of anilines is 2. The van der Waals surface area contributed by atoms with Gasteiger partial charge >= 0.3 is 0 Å². The Bertz CT molecular complexity index is 1640. The van der Waals surface area contributed by atoms with Gasteiger partial charge in [-0.05, 0) is 25.1 Å². The highest BCUT2D eigenvalue weighted by Crippen LogP contribution is 2.46. The van der Waals surface area contributed by atoms with Crippen LogP contribution in [0, 0.1) is 10.1 Å². The Morgan fingerprint density at radius 3 is 2.60 bits per heavy atom. The van der Waals surface area contributed by atoms with Crippen molar-refractivity contribution in [3.05, 3.63) is 72.1 Å². The van der Waals surface area contributed by atoms with E-state index in [9.17, 15) is 19.7 Å². The summed E-state index contributed by atoms with van der Waals surface area (Å²) in [6, 6.07) is 11.5. The zero-order chi connectivity index (χ0) is 25.0. The van der Waals surface area contributed by atoms with Crippen molar-refractivity contribution in [3.8, 4) is 5.75 Å². The van der Waals surface area contributed by atoms with E-state index < -0.39 is 10.8 Å². The van der Waals surface area contributed by atoms with Crippen molar-refractivity contribution >= 4 is 62.4 Å². The number of methoxy groups -OCH3 is 1. The maximum atomic E-state index is 13.4. The third-order valence-electron chi connectivity index (χ3n) is 5.75. The van der Waals surface area contributed by atoms with Crippen LogP contribution in [0.4, 0.5) is 17.1 Å². The molecule has 178 valence electrons. The third-order valence-corrected chi connectivity index (χ3v) is 8.36. The number of non-ortho nitro benzene ring substituents is 1. The van der Waals surface area contributed by atoms with Crippen LogP contribution in [0.25, 0.3) is 10.6 Å². The second-order valence-electron chi connectivity index (χ2n) is 7.85. The molecule has 3 heterocycles. The van der Waals surface area contributed by atoms with Crippen LogP contribution in [0.1, 0.15) is 6.92 Å². The topological polar surface area (TPSA) is 110 Å². The van der Waals surface area contributed by atoms with Crippen LogP contribution in [-0.4, -0.2) is 35.3 Å². The minimum Gasteiger partial charge on any atom is -0.497 e. The highest BCUT2D eigenvalue weighted by molar-refractivity contribution is 8.08. The standard InChI is InChI=1S/C23H19N5O5S2/c1-12-18(20(29)27(24-12)13-6-5-7-14(10-13)28(31)32)22-26(3)21(30)19(35-22)23-25(2)16-11-15(33-4)8-9-17(16)34-23/h5-11H,1-4H3. The van der Waals surface area contributed by atoms with Gasteiger partial charge in [0.1, 0.15) is 20.0 Å². The molecule has 3 aromatic rings. The second-order valence-corrected chi connectivity index (χ2v) is 9.88. The van der Waals surface area contributed by atoms with E-state index in [1.54, 1.807) is 27.1 Å². The van der Waals surface area contributed by atoms with Crippen molar-refractivity contribution in [1.29, 1.82) is 0 Å². The highest BCUT2D eigenvalue weighted by Gasteiger charge is 2.32.